The summed E-state index contributed by atoms with van der Waals surface area (Å²) in [6.45, 7) is 2.03. The van der Waals surface area contributed by atoms with Crippen molar-refractivity contribution in [3.05, 3.63) is 40.5 Å². The number of carbonyl (C=O) groups excluding carboxylic acids is 2. The normalized spacial score (nSPS) is 16.1. The number of aliphatic carboxylic acids is 1. The Hall–Kier alpha value is -2.77. The van der Waals surface area contributed by atoms with Crippen LogP contribution in [0.1, 0.15) is 25.0 Å². The minimum atomic E-state index is -1.40. The summed E-state index contributed by atoms with van der Waals surface area (Å²) in [5.74, 6) is -6.50. The average Bonchev–Trinajstić information content (AvgIpc) is 2.45. The van der Waals surface area contributed by atoms with E-state index in [1.54, 1.807) is 0 Å². The van der Waals surface area contributed by atoms with Gasteiger partial charge in [-0.1, -0.05) is 0 Å². The molecular weight excluding hydrogens is 312 g/mol. The van der Waals surface area contributed by atoms with Crippen molar-refractivity contribution in [1.29, 1.82) is 0 Å². The van der Waals surface area contributed by atoms with Crippen LogP contribution in [0, 0.1) is 11.6 Å². The molecule has 6 nitrogen and oxygen atoms in total. The molecule has 1 aliphatic rings. The number of amides is 1. The van der Waals surface area contributed by atoms with Gasteiger partial charge in [0, 0.05) is 5.56 Å². The largest absolute Gasteiger partial charge is 0.506 e. The molecule has 0 radical (unpaired) electrons. The lowest BCUT2D eigenvalue weighted by atomic mass is 9.71. The predicted octanol–water partition coefficient (Wildman–Crippen LogP) is 1.29. The number of carboxylic acid groups (broad SMARTS) is 1. The first-order chi connectivity index (χ1) is 10.6. The van der Waals surface area contributed by atoms with E-state index in [0.717, 1.165) is 6.07 Å². The summed E-state index contributed by atoms with van der Waals surface area (Å²) in [7, 11) is 0. The number of benzene rings is 1. The monoisotopic (exact) mass is 325 g/mol. The highest BCUT2D eigenvalue weighted by Gasteiger charge is 2.44. The second kappa shape index (κ2) is 5.45. The Bertz CT molecular complexity index is 767. The molecule has 0 aliphatic heterocycles. The molecule has 8 heteroatoms. The lowest BCUT2D eigenvalue weighted by molar-refractivity contribution is -0.138. The lowest BCUT2D eigenvalue weighted by Crippen LogP contribution is -2.42. The fourth-order valence-electron chi connectivity index (χ4n) is 2.39. The van der Waals surface area contributed by atoms with Crippen LogP contribution in [0.15, 0.2) is 17.7 Å². The maximum absolute atomic E-state index is 13.4. The van der Waals surface area contributed by atoms with Crippen LogP contribution in [0.25, 0.3) is 5.76 Å². The van der Waals surface area contributed by atoms with Crippen molar-refractivity contribution in [3.8, 4) is 0 Å². The fourth-order valence-corrected chi connectivity index (χ4v) is 2.39. The number of carboxylic acids is 1. The average molecular weight is 325 g/mol. The van der Waals surface area contributed by atoms with Gasteiger partial charge in [-0.15, -0.1) is 0 Å². The SMILES string of the molecule is CC1(C)C(=O)C(C(=O)NCC(=O)O)=C(O)c2cc(F)c(F)cc21. The molecule has 2 rings (SSSR count). The first-order valence-electron chi connectivity index (χ1n) is 6.55. The Morgan fingerprint density at radius 2 is 1.78 bits per heavy atom. The molecule has 0 fully saturated rings. The summed E-state index contributed by atoms with van der Waals surface area (Å²) >= 11 is 0. The van der Waals surface area contributed by atoms with Gasteiger partial charge in [-0.2, -0.15) is 0 Å². The van der Waals surface area contributed by atoms with Crippen LogP contribution in [0.2, 0.25) is 0 Å². The maximum atomic E-state index is 13.4. The number of carbonyl (C=O) groups is 3. The third kappa shape index (κ3) is 2.67. The number of fused-ring (bicyclic) bond motifs is 1. The number of hydrogen-bond acceptors (Lipinski definition) is 4. The number of ketones is 1. The van der Waals surface area contributed by atoms with Crippen molar-refractivity contribution < 1.29 is 33.4 Å². The van der Waals surface area contributed by atoms with Crippen LogP contribution in [0.5, 0.6) is 0 Å². The van der Waals surface area contributed by atoms with Crippen molar-refractivity contribution in [2.75, 3.05) is 6.54 Å². The standard InChI is InChI=1S/C15H13F2NO5/c1-15(2)7-4-9(17)8(16)3-6(7)12(21)11(13(15)22)14(23)18-5-10(19)20/h3-4,21H,5H2,1-2H3,(H,18,23)(H,19,20). The van der Waals surface area contributed by atoms with Gasteiger partial charge in [0.1, 0.15) is 17.9 Å². The summed E-state index contributed by atoms with van der Waals surface area (Å²) < 4.78 is 26.9. The van der Waals surface area contributed by atoms with Crippen LogP contribution in [-0.4, -0.2) is 34.4 Å². The lowest BCUT2D eigenvalue weighted by Gasteiger charge is -2.31. The molecular formula is C15H13F2NO5. The van der Waals surface area contributed by atoms with E-state index in [2.05, 4.69) is 0 Å². The molecule has 0 spiro atoms. The molecule has 1 aliphatic carbocycles. The number of Topliss-reactive ketones (excluding diaryl/α,β-unsaturated/α-hetero) is 1. The third-order valence-electron chi connectivity index (χ3n) is 3.65. The van der Waals surface area contributed by atoms with E-state index >= 15 is 0 Å². The van der Waals surface area contributed by atoms with Gasteiger partial charge in [-0.3, -0.25) is 14.4 Å². The smallest absolute Gasteiger partial charge is 0.322 e. The molecule has 0 saturated carbocycles. The van der Waals surface area contributed by atoms with Crippen LogP contribution in [0.3, 0.4) is 0 Å². The summed E-state index contributed by atoms with van der Waals surface area (Å²) in [4.78, 5) is 34.9. The quantitative estimate of drug-likeness (QED) is 0.727. The number of aliphatic hydroxyl groups is 1. The molecule has 1 aromatic carbocycles. The van der Waals surface area contributed by atoms with E-state index in [1.807, 2.05) is 5.32 Å². The van der Waals surface area contributed by atoms with Gasteiger partial charge in [0.25, 0.3) is 5.91 Å². The van der Waals surface area contributed by atoms with Gasteiger partial charge in [0.05, 0.1) is 5.41 Å². The highest BCUT2D eigenvalue weighted by Crippen LogP contribution is 2.40. The molecule has 0 aromatic heterocycles. The van der Waals surface area contributed by atoms with E-state index in [4.69, 9.17) is 5.11 Å². The molecule has 1 aromatic rings. The fraction of sp³-hybridized carbons (Fsp3) is 0.267. The summed E-state index contributed by atoms with van der Waals surface area (Å²) in [6.07, 6.45) is 0. The minimum Gasteiger partial charge on any atom is -0.506 e. The number of aliphatic hydroxyl groups excluding tert-OH is 1. The van der Waals surface area contributed by atoms with Gasteiger partial charge >= 0.3 is 5.97 Å². The third-order valence-corrected chi connectivity index (χ3v) is 3.65. The van der Waals surface area contributed by atoms with E-state index in [9.17, 15) is 28.3 Å². The molecule has 0 unspecified atom stereocenters. The molecule has 0 saturated heterocycles. The van der Waals surface area contributed by atoms with Crippen molar-refractivity contribution >= 4 is 23.4 Å². The van der Waals surface area contributed by atoms with Crippen molar-refractivity contribution in [2.24, 2.45) is 0 Å². The summed E-state index contributed by atoms with van der Waals surface area (Å²) in [6, 6.07) is 1.49. The van der Waals surface area contributed by atoms with Crippen molar-refractivity contribution in [1.82, 2.24) is 5.32 Å². The maximum Gasteiger partial charge on any atom is 0.322 e. The van der Waals surface area contributed by atoms with Gasteiger partial charge in [-0.05, 0) is 31.5 Å². The van der Waals surface area contributed by atoms with Crippen LogP contribution < -0.4 is 5.32 Å². The van der Waals surface area contributed by atoms with Crippen molar-refractivity contribution in [2.45, 2.75) is 19.3 Å². The molecule has 122 valence electrons. The molecule has 0 bridgehead atoms. The van der Waals surface area contributed by atoms with E-state index < -0.39 is 52.6 Å². The topological polar surface area (TPSA) is 104 Å². The summed E-state index contributed by atoms with van der Waals surface area (Å²) in [5, 5.41) is 20.6. The first kappa shape index (κ1) is 16.6. The number of nitrogens with one attached hydrogen (secondary N) is 1. The molecule has 0 heterocycles. The highest BCUT2D eigenvalue weighted by atomic mass is 19.2. The zero-order valence-electron chi connectivity index (χ0n) is 12.2. The Kier molecular flexibility index (Phi) is 3.94. The van der Waals surface area contributed by atoms with Gasteiger partial charge in [0.2, 0.25) is 0 Å². The van der Waals surface area contributed by atoms with Crippen LogP contribution in [0.4, 0.5) is 8.78 Å². The zero-order valence-corrected chi connectivity index (χ0v) is 12.2. The Labute approximate surface area is 129 Å². The van der Waals surface area contributed by atoms with E-state index in [-0.39, 0.29) is 11.1 Å². The number of rotatable bonds is 3. The molecule has 0 atom stereocenters. The highest BCUT2D eigenvalue weighted by molar-refractivity contribution is 6.28. The van der Waals surface area contributed by atoms with Gasteiger partial charge in [0.15, 0.2) is 17.4 Å². The Morgan fingerprint density at radius 3 is 2.35 bits per heavy atom. The second-order valence-corrected chi connectivity index (χ2v) is 5.57. The first-order valence-corrected chi connectivity index (χ1v) is 6.55. The molecule has 1 amide bonds. The number of halogens is 2. The van der Waals surface area contributed by atoms with Crippen LogP contribution in [-0.2, 0) is 19.8 Å². The molecule has 3 N–H and O–H groups in total. The van der Waals surface area contributed by atoms with Crippen LogP contribution >= 0.6 is 0 Å². The molecule has 23 heavy (non-hydrogen) atoms. The second-order valence-electron chi connectivity index (χ2n) is 5.57. The van der Waals surface area contributed by atoms with E-state index in [0.29, 0.717) is 6.07 Å². The Morgan fingerprint density at radius 1 is 1.22 bits per heavy atom. The van der Waals surface area contributed by atoms with Gasteiger partial charge < -0.3 is 15.5 Å². The summed E-state index contributed by atoms with van der Waals surface area (Å²) in [5.41, 5.74) is -2.23. The Balaban J connectivity index is 2.62. The number of hydrogen-bond donors (Lipinski definition) is 3. The zero-order chi connectivity index (χ0) is 17.5. The minimum absolute atomic E-state index is 0.0358. The van der Waals surface area contributed by atoms with Crippen molar-refractivity contribution in [3.63, 3.8) is 0 Å². The predicted molar refractivity (Wildman–Crippen MR) is 74.6 cm³/mol. The van der Waals surface area contributed by atoms with Gasteiger partial charge in [-0.25, -0.2) is 8.78 Å². The van der Waals surface area contributed by atoms with E-state index in [1.165, 1.54) is 13.8 Å².